The summed E-state index contributed by atoms with van der Waals surface area (Å²) >= 11 is 13.4. The molecule has 48 heavy (non-hydrogen) atoms. The molecular formula is C34H38Cl2N6O6. The number of para-hydroxylation sites is 1. The number of methoxy groups -OCH3 is 2. The van der Waals surface area contributed by atoms with Crippen LogP contribution in [0.1, 0.15) is 30.5 Å². The van der Waals surface area contributed by atoms with E-state index in [1.807, 2.05) is 34.9 Å². The molecule has 5 rings (SSSR count). The highest BCUT2D eigenvalue weighted by Crippen LogP contribution is 2.36. The quantitative estimate of drug-likeness (QED) is 0.180. The average molecular weight is 698 g/mol. The Morgan fingerprint density at radius 1 is 0.938 bits per heavy atom. The average Bonchev–Trinajstić information content (AvgIpc) is 3.47. The van der Waals surface area contributed by atoms with Crippen LogP contribution in [0.2, 0.25) is 10.0 Å². The van der Waals surface area contributed by atoms with Gasteiger partial charge in [0.05, 0.1) is 42.7 Å². The van der Waals surface area contributed by atoms with E-state index in [0.717, 1.165) is 11.2 Å². The number of benzene rings is 2. The van der Waals surface area contributed by atoms with Crippen molar-refractivity contribution in [2.24, 2.45) is 0 Å². The fourth-order valence-electron chi connectivity index (χ4n) is 5.54. The second-order valence-electron chi connectivity index (χ2n) is 11.3. The van der Waals surface area contributed by atoms with Crippen molar-refractivity contribution in [3.8, 4) is 11.8 Å². The largest absolute Gasteiger partial charge is 0.486 e. The Bertz CT molecular complexity index is 1760. The Morgan fingerprint density at radius 3 is 2.44 bits per heavy atom. The first-order chi connectivity index (χ1) is 23.2. The summed E-state index contributed by atoms with van der Waals surface area (Å²) in [7, 11) is 4.55. The number of amides is 2. The smallest absolute Gasteiger partial charge is 0.409 e. The molecule has 2 amide bonds. The van der Waals surface area contributed by atoms with E-state index >= 15 is 0 Å². The van der Waals surface area contributed by atoms with Crippen LogP contribution in [-0.4, -0.2) is 96.1 Å². The predicted octanol–water partition coefficient (Wildman–Crippen LogP) is 5.46. The fourth-order valence-corrected chi connectivity index (χ4v) is 6.15. The molecule has 0 aliphatic carbocycles. The van der Waals surface area contributed by atoms with Gasteiger partial charge in [0.15, 0.2) is 0 Å². The lowest BCUT2D eigenvalue weighted by atomic mass is 10.1. The summed E-state index contributed by atoms with van der Waals surface area (Å²) in [5, 5.41) is 0.666. The van der Waals surface area contributed by atoms with E-state index in [9.17, 15) is 14.4 Å². The van der Waals surface area contributed by atoms with Crippen molar-refractivity contribution in [2.75, 3.05) is 58.9 Å². The van der Waals surface area contributed by atoms with Gasteiger partial charge in [-0.1, -0.05) is 35.3 Å². The molecule has 3 heterocycles. The van der Waals surface area contributed by atoms with Crippen molar-refractivity contribution in [1.82, 2.24) is 24.3 Å². The molecule has 1 aliphatic heterocycles. The van der Waals surface area contributed by atoms with Gasteiger partial charge < -0.3 is 24.0 Å². The summed E-state index contributed by atoms with van der Waals surface area (Å²) < 4.78 is 18.5. The molecular weight excluding hydrogens is 659 g/mol. The summed E-state index contributed by atoms with van der Waals surface area (Å²) in [6.07, 6.45) is 1.89. The standard InChI is InChI=1S/C34H38Cl2N6O6/c1-39(30(44)13-10-24(43)14-16-40-17-19-41(20-18-40)34(45)47-3)27-12-11-26(35)25(31(27)36)22-48-29-9-6-8-28-32(29)38-33(46-2)42(28)21-23-7-4-5-15-37-23/h4-9,11-12,15H,10,13-14,16-22H2,1-3H3. The van der Waals surface area contributed by atoms with E-state index in [-0.39, 0.29) is 42.3 Å². The van der Waals surface area contributed by atoms with E-state index in [1.165, 1.54) is 12.0 Å². The topological polar surface area (TPSA) is 119 Å². The molecule has 0 unspecified atom stereocenters. The number of fused-ring (bicyclic) bond motifs is 1. The fraction of sp³-hybridized carbons (Fsp3) is 0.382. The summed E-state index contributed by atoms with van der Waals surface area (Å²) in [6, 6.07) is 15.1. The van der Waals surface area contributed by atoms with Gasteiger partial charge >= 0.3 is 6.09 Å². The Hall–Kier alpha value is -4.39. The molecule has 1 fully saturated rings. The number of ether oxygens (including phenoxy) is 3. The summed E-state index contributed by atoms with van der Waals surface area (Å²) in [5.41, 5.74) is 3.24. The molecule has 1 saturated heterocycles. The molecule has 1 aliphatic rings. The number of pyridine rings is 1. The Kier molecular flexibility index (Phi) is 11.7. The number of carbonyl (C=O) groups is 3. The van der Waals surface area contributed by atoms with Crippen molar-refractivity contribution in [1.29, 1.82) is 0 Å². The highest BCUT2D eigenvalue weighted by atomic mass is 35.5. The number of hydrogen-bond acceptors (Lipinski definition) is 9. The first-order valence-electron chi connectivity index (χ1n) is 15.6. The van der Waals surface area contributed by atoms with Crippen LogP contribution < -0.4 is 14.4 Å². The minimum absolute atomic E-state index is 0.00304. The van der Waals surface area contributed by atoms with Gasteiger partial charge in [0.25, 0.3) is 6.01 Å². The normalized spacial score (nSPS) is 13.4. The number of anilines is 1. The SMILES string of the molecule is COC(=O)N1CCN(CCC(=O)CCC(=O)N(C)c2ccc(Cl)c(COc3cccc4c3nc(OC)n4Cc3ccccn3)c2Cl)CC1. The number of halogens is 2. The van der Waals surface area contributed by atoms with Gasteiger partial charge in [-0.2, -0.15) is 4.98 Å². The maximum atomic E-state index is 13.1. The second-order valence-corrected chi connectivity index (χ2v) is 12.1. The number of piperazine rings is 1. The number of carbonyl (C=O) groups excluding carboxylic acids is 3. The first kappa shape index (κ1) is 34.9. The molecule has 4 aromatic rings. The summed E-state index contributed by atoms with van der Waals surface area (Å²) in [4.78, 5) is 51.7. The van der Waals surface area contributed by atoms with Crippen molar-refractivity contribution < 1.29 is 28.6 Å². The van der Waals surface area contributed by atoms with Gasteiger partial charge in [-0.25, -0.2) is 4.79 Å². The van der Waals surface area contributed by atoms with Gasteiger partial charge in [0.2, 0.25) is 5.91 Å². The maximum absolute atomic E-state index is 13.1. The van der Waals surface area contributed by atoms with Gasteiger partial charge in [-0.05, 0) is 36.4 Å². The number of aromatic nitrogens is 3. The maximum Gasteiger partial charge on any atom is 0.409 e. The third-order valence-corrected chi connectivity index (χ3v) is 9.11. The van der Waals surface area contributed by atoms with Crippen molar-refractivity contribution in [3.05, 3.63) is 76.0 Å². The number of rotatable bonds is 13. The highest BCUT2D eigenvalue weighted by molar-refractivity contribution is 6.38. The molecule has 0 saturated carbocycles. The number of nitrogens with zero attached hydrogens (tertiary/aromatic N) is 6. The lowest BCUT2D eigenvalue weighted by molar-refractivity contribution is -0.124. The number of imidazole rings is 1. The van der Waals surface area contributed by atoms with Crippen molar-refractivity contribution >= 4 is 57.7 Å². The zero-order valence-corrected chi connectivity index (χ0v) is 28.7. The zero-order valence-electron chi connectivity index (χ0n) is 27.2. The van der Waals surface area contributed by atoms with Crippen molar-refractivity contribution in [3.63, 3.8) is 0 Å². The molecule has 2 aromatic carbocycles. The van der Waals surface area contributed by atoms with E-state index in [4.69, 9.17) is 37.4 Å². The van der Waals surface area contributed by atoms with E-state index in [0.29, 0.717) is 79.2 Å². The van der Waals surface area contributed by atoms with Gasteiger partial charge in [-0.15, -0.1) is 0 Å². The molecule has 0 spiro atoms. The minimum Gasteiger partial charge on any atom is -0.486 e. The monoisotopic (exact) mass is 696 g/mol. The van der Waals surface area contributed by atoms with Crippen LogP contribution in [0.15, 0.2) is 54.7 Å². The predicted molar refractivity (Wildman–Crippen MR) is 183 cm³/mol. The van der Waals surface area contributed by atoms with E-state index in [1.54, 1.807) is 43.5 Å². The summed E-state index contributed by atoms with van der Waals surface area (Å²) in [6.45, 7) is 3.52. The third kappa shape index (κ3) is 8.18. The molecule has 12 nitrogen and oxygen atoms in total. The number of ketones is 1. The zero-order chi connectivity index (χ0) is 34.2. The molecule has 254 valence electrons. The van der Waals surface area contributed by atoms with Crippen LogP contribution in [0.5, 0.6) is 11.8 Å². The molecule has 0 bridgehead atoms. The molecule has 0 N–H and O–H groups in total. The minimum atomic E-state index is -0.340. The van der Waals surface area contributed by atoms with Crippen LogP contribution in [0.25, 0.3) is 11.0 Å². The highest BCUT2D eigenvalue weighted by Gasteiger charge is 2.23. The summed E-state index contributed by atoms with van der Waals surface area (Å²) in [5.74, 6) is 0.259. The molecule has 14 heteroatoms. The van der Waals surface area contributed by atoms with E-state index in [2.05, 4.69) is 14.9 Å². The molecule has 0 radical (unpaired) electrons. The lowest BCUT2D eigenvalue weighted by Crippen LogP contribution is -2.49. The molecule has 0 atom stereocenters. The number of hydrogen-bond donors (Lipinski definition) is 0. The third-order valence-electron chi connectivity index (χ3n) is 8.34. The Balaban J connectivity index is 1.19. The van der Waals surface area contributed by atoms with Crippen molar-refractivity contribution in [2.45, 2.75) is 32.4 Å². The van der Waals surface area contributed by atoms with Crippen LogP contribution >= 0.6 is 23.2 Å². The second kappa shape index (κ2) is 16.1. The van der Waals surface area contributed by atoms with Crippen LogP contribution in [-0.2, 0) is 27.5 Å². The Labute approximate surface area is 289 Å². The van der Waals surface area contributed by atoms with Crippen LogP contribution in [0, 0.1) is 0 Å². The van der Waals surface area contributed by atoms with Gasteiger partial charge in [-0.3, -0.25) is 24.0 Å². The van der Waals surface area contributed by atoms with Gasteiger partial charge in [0, 0.05) is 75.8 Å². The van der Waals surface area contributed by atoms with Crippen LogP contribution in [0.4, 0.5) is 10.5 Å². The Morgan fingerprint density at radius 2 is 1.73 bits per heavy atom. The molecule has 2 aromatic heterocycles. The van der Waals surface area contributed by atoms with Gasteiger partial charge in [0.1, 0.15) is 23.7 Å². The van der Waals surface area contributed by atoms with Crippen LogP contribution in [0.3, 0.4) is 0 Å². The lowest BCUT2D eigenvalue weighted by Gasteiger charge is -2.33. The van der Waals surface area contributed by atoms with E-state index < -0.39 is 0 Å². The first-order valence-corrected chi connectivity index (χ1v) is 16.3. The number of Topliss-reactive ketones (excluding diaryl/α,β-unsaturated/α-hetero) is 1.